The van der Waals surface area contributed by atoms with E-state index in [-0.39, 0.29) is 0 Å². The van der Waals surface area contributed by atoms with Crippen molar-refractivity contribution in [2.75, 3.05) is 32.8 Å². The van der Waals surface area contributed by atoms with Crippen molar-refractivity contribution in [3.63, 3.8) is 0 Å². The number of carboxylic acid groups (broad SMARTS) is 1. The molecule has 0 aromatic rings. The van der Waals surface area contributed by atoms with Crippen molar-refractivity contribution >= 4 is 5.97 Å². The van der Waals surface area contributed by atoms with E-state index in [4.69, 9.17) is 5.11 Å². The van der Waals surface area contributed by atoms with Gasteiger partial charge < -0.3 is 19.5 Å². The number of hydrogen-bond donors (Lipinski definition) is 1. The predicted octanol–water partition coefficient (Wildman–Crippen LogP) is 4.62. The molecule has 0 spiro atoms. The summed E-state index contributed by atoms with van der Waals surface area (Å²) >= 11 is 0. The molecule has 166 valence electrons. The number of aliphatic carboxylic acids is 1. The highest BCUT2D eigenvalue weighted by molar-refractivity contribution is 5.78. The first kappa shape index (κ1) is 29.1. The molecular weight excluding hydrogens is 350 g/mol. The number of carboxylic acids is 1. The number of allylic oxidation sites excluding steroid dienone is 3. The molecule has 0 atom stereocenters. The van der Waals surface area contributed by atoms with Gasteiger partial charge in [-0.2, -0.15) is 0 Å². The van der Waals surface area contributed by atoms with Crippen molar-refractivity contribution in [3.05, 3.63) is 23.3 Å². The Hall–Kier alpha value is -1.13. The van der Waals surface area contributed by atoms with Crippen molar-refractivity contribution < 1.29 is 19.5 Å². The maximum atomic E-state index is 10.1. The van der Waals surface area contributed by atoms with Crippen molar-refractivity contribution in [1.29, 1.82) is 0 Å². The number of carbonyl (C=O) groups is 1. The molecule has 0 rings (SSSR count). The second kappa shape index (κ2) is 19.2. The van der Waals surface area contributed by atoms with E-state index in [0.29, 0.717) is 6.61 Å². The maximum absolute atomic E-state index is 10.1. The molecule has 0 aliphatic rings. The van der Waals surface area contributed by atoms with Crippen molar-refractivity contribution in [3.8, 4) is 0 Å². The normalized spacial score (nSPS) is 11.6. The zero-order valence-electron chi connectivity index (χ0n) is 19.6. The highest BCUT2D eigenvalue weighted by Gasteiger charge is 2.23. The van der Waals surface area contributed by atoms with Gasteiger partial charge >= 0.3 is 0 Å². The van der Waals surface area contributed by atoms with Gasteiger partial charge in [0.1, 0.15) is 0 Å². The zero-order valence-corrected chi connectivity index (χ0v) is 19.6. The Bertz CT molecular complexity index is 420. The van der Waals surface area contributed by atoms with Crippen LogP contribution in [-0.2, 0) is 4.79 Å². The lowest BCUT2D eigenvalue weighted by molar-refractivity contribution is -0.928. The molecular formula is C24H47NO3. The van der Waals surface area contributed by atoms with Gasteiger partial charge in [-0.05, 0) is 78.2 Å². The minimum atomic E-state index is -1.11. The highest BCUT2D eigenvalue weighted by Crippen LogP contribution is 2.14. The summed E-state index contributed by atoms with van der Waals surface area (Å²) in [6, 6.07) is 0. The van der Waals surface area contributed by atoms with Gasteiger partial charge in [0.25, 0.3) is 0 Å². The lowest BCUT2D eigenvalue weighted by Gasteiger charge is -2.38. The fourth-order valence-electron chi connectivity index (χ4n) is 3.69. The molecule has 28 heavy (non-hydrogen) atoms. The van der Waals surface area contributed by atoms with Crippen LogP contribution in [0.3, 0.4) is 0 Å². The first-order chi connectivity index (χ1) is 13.3. The average Bonchev–Trinajstić information content (AvgIpc) is 2.59. The van der Waals surface area contributed by atoms with Gasteiger partial charge in [-0.25, -0.2) is 0 Å². The quantitative estimate of drug-likeness (QED) is 0.190. The second-order valence-electron chi connectivity index (χ2n) is 8.15. The molecule has 0 unspecified atom stereocenters. The van der Waals surface area contributed by atoms with Gasteiger partial charge in [0, 0.05) is 6.61 Å². The lowest BCUT2D eigenvalue weighted by Crippen LogP contribution is -2.50. The van der Waals surface area contributed by atoms with E-state index in [1.807, 2.05) is 13.8 Å². The van der Waals surface area contributed by atoms with Gasteiger partial charge in [-0.1, -0.05) is 38.0 Å². The Morgan fingerprint density at radius 3 is 1.82 bits per heavy atom. The van der Waals surface area contributed by atoms with Crippen LogP contribution in [0, 0.1) is 0 Å². The first-order valence-corrected chi connectivity index (χ1v) is 11.2. The summed E-state index contributed by atoms with van der Waals surface area (Å²) in [7, 11) is 0. The number of carbonyl (C=O) groups excluding carboxylic acids is 1. The molecule has 4 heteroatoms. The summed E-state index contributed by atoms with van der Waals surface area (Å²) < 4.78 is 1.31. The number of quaternary nitrogens is 1. The van der Waals surface area contributed by atoms with E-state index >= 15 is 0 Å². The minimum absolute atomic E-state index is 0.356. The lowest BCUT2D eigenvalue weighted by atomic mass is 10.1. The van der Waals surface area contributed by atoms with Crippen molar-refractivity contribution in [2.24, 2.45) is 0 Å². The number of aliphatic hydroxyl groups excluding tert-OH is 1. The van der Waals surface area contributed by atoms with Crippen LogP contribution in [0.15, 0.2) is 23.3 Å². The van der Waals surface area contributed by atoms with Crippen LogP contribution < -0.4 is 5.11 Å². The van der Waals surface area contributed by atoms with Gasteiger partial charge in [-0.15, -0.1) is 0 Å². The van der Waals surface area contributed by atoms with Crippen LogP contribution in [0.2, 0.25) is 0 Å². The first-order valence-electron chi connectivity index (χ1n) is 11.2. The van der Waals surface area contributed by atoms with Gasteiger partial charge in [-0.3, -0.25) is 0 Å². The van der Waals surface area contributed by atoms with E-state index in [9.17, 15) is 9.90 Å². The SMILES string of the molecule is CC(C)=CCC/C(C)=C/C(=O)[O-].CCC[N+](CCC)(CCC)CCCCCO. The Morgan fingerprint density at radius 1 is 0.893 bits per heavy atom. The van der Waals surface area contributed by atoms with E-state index < -0.39 is 5.97 Å². The molecule has 0 saturated carbocycles. The Labute approximate surface area is 174 Å². The van der Waals surface area contributed by atoms with Crippen LogP contribution in [-0.4, -0.2) is 48.3 Å². The molecule has 0 bridgehead atoms. The number of unbranched alkanes of at least 4 members (excludes halogenated alkanes) is 2. The van der Waals surface area contributed by atoms with Crippen LogP contribution in [0.25, 0.3) is 0 Å². The maximum Gasteiger partial charge on any atom is 0.0786 e. The molecule has 0 aromatic heterocycles. The Morgan fingerprint density at radius 2 is 1.43 bits per heavy atom. The summed E-state index contributed by atoms with van der Waals surface area (Å²) in [5.74, 6) is -1.11. The van der Waals surface area contributed by atoms with Gasteiger partial charge in [0.2, 0.25) is 0 Å². The second-order valence-corrected chi connectivity index (χ2v) is 8.15. The third-order valence-corrected chi connectivity index (χ3v) is 4.84. The van der Waals surface area contributed by atoms with Crippen molar-refractivity contribution in [1.82, 2.24) is 0 Å². The molecule has 0 amide bonds. The summed E-state index contributed by atoms with van der Waals surface area (Å²) in [6.07, 6.45) is 12.3. The molecule has 0 heterocycles. The number of aliphatic hydroxyl groups is 1. The molecule has 0 aromatic carbocycles. The minimum Gasteiger partial charge on any atom is -0.545 e. The van der Waals surface area contributed by atoms with Crippen LogP contribution in [0.1, 0.15) is 92.9 Å². The summed E-state index contributed by atoms with van der Waals surface area (Å²) in [4.78, 5) is 10.1. The van der Waals surface area contributed by atoms with Crippen LogP contribution in [0.4, 0.5) is 0 Å². The molecule has 0 saturated heterocycles. The van der Waals surface area contributed by atoms with Crippen molar-refractivity contribution in [2.45, 2.75) is 92.9 Å². The standard InChI is InChI=1S/C14H32NO.C10H16O2/c1-4-10-15(11-5-2,12-6-3)13-8-7-9-14-16;1-8(2)5-4-6-9(3)7-10(11)12/h16H,4-14H2,1-3H3;5,7H,4,6H2,1-3H3,(H,11,12)/q+1;/p-1/b;9-7+. The molecule has 1 N–H and O–H groups in total. The third-order valence-electron chi connectivity index (χ3n) is 4.84. The molecule has 0 fully saturated rings. The number of nitrogens with zero attached hydrogens (tertiary/aromatic N) is 1. The molecule has 0 aliphatic heterocycles. The summed E-state index contributed by atoms with van der Waals surface area (Å²) in [5, 5.41) is 18.9. The smallest absolute Gasteiger partial charge is 0.0786 e. The highest BCUT2D eigenvalue weighted by atomic mass is 16.4. The molecule has 0 radical (unpaired) electrons. The monoisotopic (exact) mass is 397 g/mol. The topological polar surface area (TPSA) is 60.4 Å². The van der Waals surface area contributed by atoms with E-state index in [1.54, 1.807) is 6.92 Å². The predicted molar refractivity (Wildman–Crippen MR) is 119 cm³/mol. The fraction of sp³-hybridized carbons (Fsp3) is 0.792. The third kappa shape index (κ3) is 18.2. The van der Waals surface area contributed by atoms with Gasteiger partial charge in [0.15, 0.2) is 0 Å². The fourth-order valence-corrected chi connectivity index (χ4v) is 3.69. The Kier molecular flexibility index (Phi) is 19.9. The van der Waals surface area contributed by atoms with Crippen LogP contribution >= 0.6 is 0 Å². The summed E-state index contributed by atoms with van der Waals surface area (Å²) in [5.41, 5.74) is 2.11. The summed E-state index contributed by atoms with van der Waals surface area (Å²) in [6.45, 7) is 18.4. The Balaban J connectivity index is 0. The van der Waals surface area contributed by atoms with E-state index in [0.717, 1.165) is 30.9 Å². The zero-order chi connectivity index (χ0) is 21.8. The van der Waals surface area contributed by atoms with E-state index in [2.05, 4.69) is 26.8 Å². The molecule has 4 nitrogen and oxygen atoms in total. The molecule has 0 aliphatic carbocycles. The van der Waals surface area contributed by atoms with E-state index in [1.165, 1.54) is 68.3 Å². The van der Waals surface area contributed by atoms with Crippen LogP contribution in [0.5, 0.6) is 0 Å². The number of rotatable bonds is 15. The van der Waals surface area contributed by atoms with Gasteiger partial charge in [0.05, 0.1) is 32.1 Å². The number of hydrogen-bond acceptors (Lipinski definition) is 3. The largest absolute Gasteiger partial charge is 0.545 e. The average molecular weight is 398 g/mol.